The number of amides is 3. The van der Waals surface area contributed by atoms with E-state index in [4.69, 9.17) is 0 Å². The van der Waals surface area contributed by atoms with Crippen LogP contribution in [-0.2, 0) is 6.54 Å². The van der Waals surface area contributed by atoms with Crippen LogP contribution in [0.25, 0.3) is 0 Å². The average molecular weight is 403 g/mol. The van der Waals surface area contributed by atoms with E-state index < -0.39 is 0 Å². The molecule has 2 aromatic heterocycles. The van der Waals surface area contributed by atoms with Gasteiger partial charge in [0.2, 0.25) is 0 Å². The van der Waals surface area contributed by atoms with E-state index in [9.17, 15) is 9.59 Å². The predicted octanol–water partition coefficient (Wildman–Crippen LogP) is 4.02. The van der Waals surface area contributed by atoms with Crippen LogP contribution in [0.4, 0.5) is 10.5 Å². The lowest BCUT2D eigenvalue weighted by Crippen LogP contribution is -2.41. The van der Waals surface area contributed by atoms with Crippen molar-refractivity contribution in [2.75, 3.05) is 11.9 Å². The number of hydrogen-bond donors (Lipinski definition) is 2. The minimum atomic E-state index is -0.193. The van der Waals surface area contributed by atoms with Crippen molar-refractivity contribution in [1.82, 2.24) is 20.2 Å². The number of nitrogens with one attached hydrogen (secondary N) is 2. The fourth-order valence-electron chi connectivity index (χ4n) is 3.09. The van der Waals surface area contributed by atoms with Crippen LogP contribution in [0.1, 0.15) is 41.4 Å². The molecule has 0 fully saturated rings. The molecule has 7 heteroatoms. The van der Waals surface area contributed by atoms with Crippen LogP contribution >= 0.6 is 0 Å². The third kappa shape index (κ3) is 5.41. The van der Waals surface area contributed by atoms with Crippen molar-refractivity contribution in [2.45, 2.75) is 26.4 Å². The van der Waals surface area contributed by atoms with Crippen LogP contribution in [0.3, 0.4) is 0 Å². The highest BCUT2D eigenvalue weighted by Crippen LogP contribution is 2.19. The molecule has 7 nitrogen and oxygen atoms in total. The number of pyridine rings is 2. The number of carbonyl (C=O) groups excluding carboxylic acids is 2. The summed E-state index contributed by atoms with van der Waals surface area (Å²) in [5, 5.41) is 5.80. The van der Waals surface area contributed by atoms with Gasteiger partial charge in [0.1, 0.15) is 0 Å². The zero-order valence-corrected chi connectivity index (χ0v) is 17.1. The normalized spacial score (nSPS) is 11.4. The molecule has 2 N–H and O–H groups in total. The van der Waals surface area contributed by atoms with Gasteiger partial charge in [-0.25, -0.2) is 4.79 Å². The molecule has 0 saturated carbocycles. The van der Waals surface area contributed by atoms with Gasteiger partial charge in [0.25, 0.3) is 5.91 Å². The molecule has 0 saturated heterocycles. The minimum Gasteiger partial charge on any atom is -0.334 e. The number of benzene rings is 1. The van der Waals surface area contributed by atoms with Gasteiger partial charge in [-0.15, -0.1) is 0 Å². The Hall–Kier alpha value is -3.74. The lowest BCUT2D eigenvalue weighted by atomic mass is 10.1. The molecular weight excluding hydrogens is 378 g/mol. The maximum Gasteiger partial charge on any atom is 0.318 e. The molecule has 0 radical (unpaired) electrons. The summed E-state index contributed by atoms with van der Waals surface area (Å²) in [5.74, 6) is -0.193. The largest absolute Gasteiger partial charge is 0.334 e. The number of urea groups is 1. The van der Waals surface area contributed by atoms with Gasteiger partial charge in [-0.1, -0.05) is 18.2 Å². The standard InChI is InChI=1S/C23H25N5O2/c1-3-28(17(2)20-5-4-12-25-16-20)23(30)26-15-18-6-8-21(9-7-18)27-22(29)19-10-13-24-14-11-19/h4-14,16-17H,3,15H2,1-2H3,(H,26,30)(H,27,29). The van der Waals surface area contributed by atoms with Crippen molar-refractivity contribution in [2.24, 2.45) is 0 Å². The van der Waals surface area contributed by atoms with E-state index in [1.54, 1.807) is 41.8 Å². The van der Waals surface area contributed by atoms with Crippen molar-refractivity contribution in [3.63, 3.8) is 0 Å². The molecule has 0 aliphatic carbocycles. The Balaban J connectivity index is 1.55. The molecule has 30 heavy (non-hydrogen) atoms. The molecule has 3 amide bonds. The molecule has 0 spiro atoms. The molecular formula is C23H25N5O2. The van der Waals surface area contributed by atoms with Gasteiger partial charge in [0.05, 0.1) is 6.04 Å². The summed E-state index contributed by atoms with van der Waals surface area (Å²) in [5.41, 5.74) is 3.16. The highest BCUT2D eigenvalue weighted by Gasteiger charge is 2.19. The smallest absolute Gasteiger partial charge is 0.318 e. The number of anilines is 1. The molecule has 0 aliphatic heterocycles. The third-order valence-corrected chi connectivity index (χ3v) is 4.83. The fraction of sp³-hybridized carbons (Fsp3) is 0.217. The zero-order chi connectivity index (χ0) is 21.3. The molecule has 0 bridgehead atoms. The maximum absolute atomic E-state index is 12.7. The molecule has 3 aromatic rings. The molecule has 3 rings (SSSR count). The predicted molar refractivity (Wildman–Crippen MR) is 116 cm³/mol. The zero-order valence-electron chi connectivity index (χ0n) is 17.1. The van der Waals surface area contributed by atoms with Gasteiger partial charge in [0, 0.05) is 49.1 Å². The topological polar surface area (TPSA) is 87.2 Å². The molecule has 154 valence electrons. The van der Waals surface area contributed by atoms with Crippen LogP contribution in [0.15, 0.2) is 73.3 Å². The Morgan fingerprint density at radius 3 is 2.37 bits per heavy atom. The van der Waals surface area contributed by atoms with Crippen LogP contribution in [0.2, 0.25) is 0 Å². The summed E-state index contributed by atoms with van der Waals surface area (Å²) in [6.07, 6.45) is 6.65. The maximum atomic E-state index is 12.7. The first-order chi connectivity index (χ1) is 14.6. The van der Waals surface area contributed by atoms with E-state index in [0.717, 1.165) is 11.1 Å². The van der Waals surface area contributed by atoms with Crippen LogP contribution < -0.4 is 10.6 Å². The van der Waals surface area contributed by atoms with E-state index in [-0.39, 0.29) is 18.0 Å². The van der Waals surface area contributed by atoms with Gasteiger partial charge in [-0.2, -0.15) is 0 Å². The lowest BCUT2D eigenvalue weighted by Gasteiger charge is -2.28. The first-order valence-corrected chi connectivity index (χ1v) is 9.83. The number of nitrogens with zero attached hydrogens (tertiary/aromatic N) is 3. The summed E-state index contributed by atoms with van der Waals surface area (Å²) >= 11 is 0. The lowest BCUT2D eigenvalue weighted by molar-refractivity contribution is 0.102. The Bertz CT molecular complexity index is 962. The number of aromatic nitrogens is 2. The van der Waals surface area contributed by atoms with Crippen LogP contribution in [0.5, 0.6) is 0 Å². The van der Waals surface area contributed by atoms with E-state index in [1.165, 1.54) is 0 Å². The minimum absolute atomic E-state index is 0.0746. The van der Waals surface area contributed by atoms with Gasteiger partial charge in [-0.3, -0.25) is 14.8 Å². The monoisotopic (exact) mass is 403 g/mol. The van der Waals surface area contributed by atoms with E-state index in [1.807, 2.05) is 50.2 Å². The Kier molecular flexibility index (Phi) is 7.10. The third-order valence-electron chi connectivity index (χ3n) is 4.83. The summed E-state index contributed by atoms with van der Waals surface area (Å²) in [6.45, 7) is 4.92. The van der Waals surface area contributed by atoms with E-state index >= 15 is 0 Å². The second kappa shape index (κ2) is 10.2. The van der Waals surface area contributed by atoms with Crippen LogP contribution in [0, 0.1) is 0 Å². The molecule has 2 heterocycles. The second-order valence-electron chi connectivity index (χ2n) is 6.79. The average Bonchev–Trinajstić information content (AvgIpc) is 2.80. The van der Waals surface area contributed by atoms with Crippen molar-refractivity contribution < 1.29 is 9.59 Å². The molecule has 1 aromatic carbocycles. The second-order valence-corrected chi connectivity index (χ2v) is 6.79. The number of carbonyl (C=O) groups is 2. The summed E-state index contributed by atoms with van der Waals surface area (Å²) in [7, 11) is 0. The summed E-state index contributed by atoms with van der Waals surface area (Å²) in [4.78, 5) is 34.7. The number of rotatable bonds is 7. The highest BCUT2D eigenvalue weighted by molar-refractivity contribution is 6.04. The molecule has 0 aliphatic rings. The van der Waals surface area contributed by atoms with E-state index in [2.05, 4.69) is 20.6 Å². The van der Waals surface area contributed by atoms with Crippen molar-refractivity contribution in [3.05, 3.63) is 90.0 Å². The van der Waals surface area contributed by atoms with Gasteiger partial charge in [-0.05, 0) is 55.3 Å². The Morgan fingerprint density at radius 2 is 1.73 bits per heavy atom. The highest BCUT2D eigenvalue weighted by atomic mass is 16.2. The molecule has 1 unspecified atom stereocenters. The Morgan fingerprint density at radius 1 is 1.00 bits per heavy atom. The fourth-order valence-corrected chi connectivity index (χ4v) is 3.09. The molecule has 1 atom stereocenters. The van der Waals surface area contributed by atoms with Gasteiger partial charge < -0.3 is 15.5 Å². The number of hydrogen-bond acceptors (Lipinski definition) is 4. The van der Waals surface area contributed by atoms with Crippen molar-refractivity contribution in [1.29, 1.82) is 0 Å². The van der Waals surface area contributed by atoms with Gasteiger partial charge >= 0.3 is 6.03 Å². The first-order valence-electron chi connectivity index (χ1n) is 9.83. The summed E-state index contributed by atoms with van der Waals surface area (Å²) < 4.78 is 0. The summed E-state index contributed by atoms with van der Waals surface area (Å²) in [6, 6.07) is 14.3. The first kappa shape index (κ1) is 21.0. The Labute approximate surface area is 176 Å². The van der Waals surface area contributed by atoms with E-state index in [0.29, 0.717) is 24.3 Å². The van der Waals surface area contributed by atoms with Crippen molar-refractivity contribution >= 4 is 17.6 Å². The van der Waals surface area contributed by atoms with Crippen LogP contribution in [-0.4, -0.2) is 33.4 Å². The van der Waals surface area contributed by atoms with Gasteiger partial charge in [0.15, 0.2) is 0 Å². The van der Waals surface area contributed by atoms with Crippen molar-refractivity contribution in [3.8, 4) is 0 Å². The quantitative estimate of drug-likeness (QED) is 0.624. The SMILES string of the molecule is CCN(C(=O)NCc1ccc(NC(=O)c2ccncc2)cc1)C(C)c1cccnc1.